The molecule has 5 heteroatoms. The lowest BCUT2D eigenvalue weighted by Gasteiger charge is -2.30. The average molecular weight is 304 g/mol. The molecule has 0 heterocycles. The van der Waals surface area contributed by atoms with E-state index >= 15 is 0 Å². The molecule has 0 N–H and O–H groups in total. The van der Waals surface area contributed by atoms with Crippen LogP contribution >= 0.6 is 0 Å². The average Bonchev–Trinajstić information content (AvgIpc) is 3.24. The molecule has 0 amide bonds. The van der Waals surface area contributed by atoms with E-state index in [4.69, 9.17) is 9.47 Å². The van der Waals surface area contributed by atoms with Crippen molar-refractivity contribution >= 4 is 17.7 Å². The molecule has 6 aliphatic rings. The highest BCUT2D eigenvalue weighted by atomic mass is 16.6. The van der Waals surface area contributed by atoms with Crippen LogP contribution in [0.15, 0.2) is 0 Å². The molecular formula is C17H20O5. The van der Waals surface area contributed by atoms with E-state index in [2.05, 4.69) is 0 Å². The molecule has 118 valence electrons. The van der Waals surface area contributed by atoms with Crippen LogP contribution in [-0.4, -0.2) is 29.9 Å². The summed E-state index contributed by atoms with van der Waals surface area (Å²) in [5.41, 5.74) is 0. The van der Waals surface area contributed by atoms with E-state index in [0.29, 0.717) is 30.5 Å². The zero-order valence-electron chi connectivity index (χ0n) is 12.7. The Balaban J connectivity index is 1.50. The summed E-state index contributed by atoms with van der Waals surface area (Å²) in [4.78, 5) is 36.1. The van der Waals surface area contributed by atoms with E-state index in [1.54, 1.807) is 13.8 Å². The van der Waals surface area contributed by atoms with Crippen LogP contribution in [0.3, 0.4) is 0 Å². The fourth-order valence-electron chi connectivity index (χ4n) is 6.98. The van der Waals surface area contributed by atoms with E-state index in [9.17, 15) is 14.4 Å². The van der Waals surface area contributed by atoms with Gasteiger partial charge in [0.2, 0.25) is 0 Å². The fourth-order valence-corrected chi connectivity index (χ4v) is 6.98. The number of rotatable bonds is 4. The third-order valence-electron chi connectivity index (χ3n) is 7.17. The maximum Gasteiger partial charge on any atom is 0.305 e. The van der Waals surface area contributed by atoms with Crippen LogP contribution in [0.5, 0.6) is 0 Å². The summed E-state index contributed by atoms with van der Waals surface area (Å²) in [6.45, 7) is 3.59. The van der Waals surface area contributed by atoms with Gasteiger partial charge in [-0.3, -0.25) is 14.4 Å². The van der Waals surface area contributed by atoms with Gasteiger partial charge in [0.15, 0.2) is 0 Å². The normalized spacial score (nSPS) is 54.7. The first kappa shape index (κ1) is 13.1. The molecule has 6 rings (SSSR count). The van der Waals surface area contributed by atoms with Gasteiger partial charge in [0.25, 0.3) is 0 Å². The number of Topliss-reactive ketones (excluding diaryl/α,β-unsaturated/α-hetero) is 1. The first-order valence-electron chi connectivity index (χ1n) is 8.52. The van der Waals surface area contributed by atoms with Crippen molar-refractivity contribution < 1.29 is 23.9 Å². The van der Waals surface area contributed by atoms with Gasteiger partial charge in [-0.15, -0.1) is 0 Å². The van der Waals surface area contributed by atoms with Crippen LogP contribution in [0.4, 0.5) is 0 Å². The van der Waals surface area contributed by atoms with Crippen molar-refractivity contribution in [1.29, 1.82) is 0 Å². The molecule has 6 bridgehead atoms. The summed E-state index contributed by atoms with van der Waals surface area (Å²) >= 11 is 0. The molecule has 4 unspecified atom stereocenters. The van der Waals surface area contributed by atoms with Crippen LogP contribution < -0.4 is 0 Å². The monoisotopic (exact) mass is 304 g/mol. The number of ether oxygens (including phenoxy) is 2. The first-order valence-corrected chi connectivity index (χ1v) is 8.52. The minimum absolute atomic E-state index is 0.0706. The van der Waals surface area contributed by atoms with Crippen molar-refractivity contribution in [3.63, 3.8) is 0 Å². The van der Waals surface area contributed by atoms with Gasteiger partial charge < -0.3 is 9.47 Å². The maximum absolute atomic E-state index is 12.6. The molecule has 0 saturated heterocycles. The molecule has 6 fully saturated rings. The minimum atomic E-state index is -0.174. The minimum Gasteiger partial charge on any atom is -0.462 e. The van der Waals surface area contributed by atoms with Crippen molar-refractivity contribution in [3.05, 3.63) is 0 Å². The van der Waals surface area contributed by atoms with Gasteiger partial charge >= 0.3 is 11.9 Å². The lowest BCUT2D eigenvalue weighted by molar-refractivity contribution is -0.154. The smallest absolute Gasteiger partial charge is 0.305 e. The van der Waals surface area contributed by atoms with E-state index in [1.807, 2.05) is 0 Å². The van der Waals surface area contributed by atoms with Crippen molar-refractivity contribution in [2.75, 3.05) is 0 Å². The largest absolute Gasteiger partial charge is 0.462 e. The van der Waals surface area contributed by atoms with Crippen molar-refractivity contribution in [3.8, 4) is 0 Å². The molecule has 22 heavy (non-hydrogen) atoms. The van der Waals surface area contributed by atoms with Gasteiger partial charge in [-0.25, -0.2) is 0 Å². The number of hydrogen-bond acceptors (Lipinski definition) is 5. The van der Waals surface area contributed by atoms with Gasteiger partial charge in [0.1, 0.15) is 18.0 Å². The zero-order chi connectivity index (χ0) is 15.3. The molecule has 6 saturated carbocycles. The summed E-state index contributed by atoms with van der Waals surface area (Å²) in [5, 5.41) is 0. The molecule has 0 spiro atoms. The molecular weight excluding hydrogens is 284 g/mol. The van der Waals surface area contributed by atoms with Gasteiger partial charge in [0.05, 0.1) is 0 Å². The van der Waals surface area contributed by atoms with E-state index < -0.39 is 0 Å². The SMILES string of the molecule is CCC(=O)O[C@@H]1C2C3C4C(=O)[C@H]5C3[C@H](OC(=O)CC)[C@@H]2[C@H]5[C@H]41. The Morgan fingerprint density at radius 2 is 1.18 bits per heavy atom. The highest BCUT2D eigenvalue weighted by molar-refractivity contribution is 5.92. The second kappa shape index (κ2) is 3.92. The molecule has 0 aromatic rings. The highest BCUT2D eigenvalue weighted by Crippen LogP contribution is 2.82. The zero-order valence-corrected chi connectivity index (χ0v) is 12.7. The van der Waals surface area contributed by atoms with Gasteiger partial charge in [-0.05, 0) is 11.8 Å². The third kappa shape index (κ3) is 1.16. The van der Waals surface area contributed by atoms with Crippen molar-refractivity contribution in [2.45, 2.75) is 38.9 Å². The number of esters is 2. The Morgan fingerprint density at radius 1 is 0.773 bits per heavy atom. The summed E-state index contributed by atoms with van der Waals surface area (Å²) < 4.78 is 11.4. The summed E-state index contributed by atoms with van der Waals surface area (Å²) in [6, 6.07) is 0. The van der Waals surface area contributed by atoms with Gasteiger partial charge in [0, 0.05) is 48.3 Å². The predicted molar refractivity (Wildman–Crippen MR) is 73.3 cm³/mol. The number of hydrogen-bond donors (Lipinski definition) is 0. The Hall–Kier alpha value is -1.39. The lowest BCUT2D eigenvalue weighted by Crippen LogP contribution is -2.30. The molecule has 10 atom stereocenters. The Labute approximate surface area is 128 Å². The Kier molecular flexibility index (Phi) is 2.33. The second-order valence-corrected chi connectivity index (χ2v) is 7.53. The topological polar surface area (TPSA) is 69.7 Å². The highest BCUT2D eigenvalue weighted by Gasteiger charge is 2.88. The quantitative estimate of drug-likeness (QED) is 0.730. The van der Waals surface area contributed by atoms with Gasteiger partial charge in [-0.2, -0.15) is 0 Å². The van der Waals surface area contributed by atoms with Crippen LogP contribution in [0.1, 0.15) is 26.7 Å². The van der Waals surface area contributed by atoms with Gasteiger partial charge in [-0.1, -0.05) is 13.8 Å². The first-order chi connectivity index (χ1) is 10.6. The summed E-state index contributed by atoms with van der Waals surface area (Å²) in [7, 11) is 0. The summed E-state index contributed by atoms with van der Waals surface area (Å²) in [6.07, 6.45) is 0.522. The van der Waals surface area contributed by atoms with Crippen molar-refractivity contribution in [2.24, 2.45) is 47.3 Å². The molecule has 0 aromatic carbocycles. The molecule has 0 aliphatic heterocycles. The van der Waals surface area contributed by atoms with Crippen LogP contribution in [0, 0.1) is 47.3 Å². The fraction of sp³-hybridized carbons (Fsp3) is 0.824. The Morgan fingerprint density at radius 3 is 1.55 bits per heavy atom. The van der Waals surface area contributed by atoms with Crippen molar-refractivity contribution in [1.82, 2.24) is 0 Å². The maximum atomic E-state index is 12.6. The molecule has 6 aliphatic carbocycles. The number of ketones is 1. The lowest BCUT2D eigenvalue weighted by atomic mass is 9.71. The second-order valence-electron chi connectivity index (χ2n) is 7.53. The Bertz CT molecular complexity index is 548. The number of carbonyl (C=O) groups excluding carboxylic acids is 3. The number of carbonyl (C=O) groups is 3. The van der Waals surface area contributed by atoms with E-state index in [-0.39, 0.29) is 59.7 Å². The van der Waals surface area contributed by atoms with E-state index in [1.165, 1.54) is 0 Å². The summed E-state index contributed by atoms with van der Waals surface area (Å²) in [5.74, 6) is 1.65. The standard InChI is InChI=1S/C17H20O5/c1-3-5(18)21-16-11-7-10-12-8(9(11)15(10)20)13(16)14(7)17(12)22-6(19)4-2/h7-14,16-17H,3-4H2,1-2H3/t7-,8?,9?,10-,11-,12?,13?,14-,16+,17+/m1/s1. The molecule has 0 radical (unpaired) electrons. The molecule has 0 aromatic heterocycles. The van der Waals surface area contributed by atoms with Crippen LogP contribution in [-0.2, 0) is 23.9 Å². The third-order valence-corrected chi connectivity index (χ3v) is 7.17. The van der Waals surface area contributed by atoms with E-state index in [0.717, 1.165) is 0 Å². The predicted octanol–water partition coefficient (Wildman–Crippen LogP) is 1.20. The van der Waals surface area contributed by atoms with Crippen LogP contribution in [0.2, 0.25) is 0 Å². The molecule has 5 nitrogen and oxygen atoms in total. The van der Waals surface area contributed by atoms with Crippen LogP contribution in [0.25, 0.3) is 0 Å².